The monoisotopic (exact) mass is 415 g/mol. The minimum atomic E-state index is -2.46. The van der Waals surface area contributed by atoms with Gasteiger partial charge in [-0.2, -0.15) is 0 Å². The lowest BCUT2D eigenvalue weighted by atomic mass is 9.76. The molecule has 2 fully saturated rings. The smallest absolute Gasteiger partial charge is 0.248 e. The number of hydrogen-bond acceptors (Lipinski definition) is 1. The van der Waals surface area contributed by atoms with E-state index in [0.717, 1.165) is 24.1 Å². The van der Waals surface area contributed by atoms with Crippen LogP contribution in [0, 0.1) is 23.6 Å². The summed E-state index contributed by atoms with van der Waals surface area (Å²) in [5.41, 5.74) is 1.82. The van der Waals surface area contributed by atoms with Gasteiger partial charge in [0, 0.05) is 25.0 Å². The van der Waals surface area contributed by atoms with Crippen LogP contribution in [0.1, 0.15) is 63.9 Å². The molecular formula is C26H32F3N. The minimum Gasteiger partial charge on any atom is -0.261 e. The molecule has 30 heavy (non-hydrogen) atoms. The van der Waals surface area contributed by atoms with Crippen molar-refractivity contribution in [1.82, 2.24) is 0 Å². The van der Waals surface area contributed by atoms with E-state index in [2.05, 4.69) is 17.1 Å². The highest BCUT2D eigenvalue weighted by Crippen LogP contribution is 2.51. The van der Waals surface area contributed by atoms with Crippen LogP contribution in [-0.2, 0) is 0 Å². The third kappa shape index (κ3) is 5.74. The topological polar surface area (TPSA) is 12.4 Å². The van der Waals surface area contributed by atoms with Crippen molar-refractivity contribution in [2.24, 2.45) is 22.7 Å². The Bertz CT molecular complexity index is 821. The van der Waals surface area contributed by atoms with E-state index in [4.69, 9.17) is 0 Å². The van der Waals surface area contributed by atoms with Gasteiger partial charge < -0.3 is 0 Å². The second-order valence-corrected chi connectivity index (χ2v) is 8.31. The summed E-state index contributed by atoms with van der Waals surface area (Å²) in [4.78, 5) is 4.55. The Kier molecular flexibility index (Phi) is 7.74. The minimum absolute atomic E-state index is 0.0313. The van der Waals surface area contributed by atoms with Gasteiger partial charge >= 0.3 is 0 Å². The Morgan fingerprint density at radius 1 is 1.13 bits per heavy atom. The molecule has 0 bridgehead atoms. The highest BCUT2D eigenvalue weighted by atomic mass is 19.3. The Hall–Kier alpha value is -2.10. The summed E-state index contributed by atoms with van der Waals surface area (Å²) >= 11 is 0. The van der Waals surface area contributed by atoms with Crippen LogP contribution in [0.15, 0.2) is 65.3 Å². The number of halogens is 3. The van der Waals surface area contributed by atoms with Crippen LogP contribution in [0.2, 0.25) is 0 Å². The highest BCUT2D eigenvalue weighted by Gasteiger charge is 2.46. The molecular weight excluding hydrogens is 383 g/mol. The Balaban J connectivity index is 0.00000124. The molecule has 1 heterocycles. The first kappa shape index (κ1) is 22.6. The average Bonchev–Trinajstić information content (AvgIpc) is 3.09. The third-order valence-electron chi connectivity index (χ3n) is 6.43. The van der Waals surface area contributed by atoms with Crippen LogP contribution >= 0.6 is 0 Å². The lowest BCUT2D eigenvalue weighted by Gasteiger charge is -2.33. The maximum atomic E-state index is 13.6. The van der Waals surface area contributed by atoms with Crippen LogP contribution in [0.5, 0.6) is 0 Å². The average molecular weight is 416 g/mol. The molecule has 1 aliphatic heterocycles. The molecule has 1 nitrogen and oxygen atoms in total. The zero-order chi connectivity index (χ0) is 21.6. The number of rotatable bonds is 3. The second-order valence-electron chi connectivity index (χ2n) is 8.31. The lowest BCUT2D eigenvalue weighted by molar-refractivity contribution is -0.0659. The van der Waals surface area contributed by atoms with E-state index in [9.17, 15) is 13.2 Å². The van der Waals surface area contributed by atoms with Gasteiger partial charge in [0.25, 0.3) is 0 Å². The molecule has 2 saturated carbocycles. The molecule has 1 aromatic rings. The largest absolute Gasteiger partial charge is 0.261 e. The fraction of sp³-hybridized carbons (Fsp3) is 0.500. The molecule has 0 saturated heterocycles. The highest BCUT2D eigenvalue weighted by molar-refractivity contribution is 5.62. The second kappa shape index (κ2) is 10.3. The van der Waals surface area contributed by atoms with E-state index in [-0.39, 0.29) is 30.5 Å². The maximum absolute atomic E-state index is 13.6. The fourth-order valence-corrected chi connectivity index (χ4v) is 4.98. The van der Waals surface area contributed by atoms with Gasteiger partial charge in [-0.05, 0) is 73.3 Å². The van der Waals surface area contributed by atoms with Crippen LogP contribution in [0.4, 0.5) is 13.2 Å². The molecule has 3 aliphatic rings. The molecule has 0 N–H and O–H groups in total. The van der Waals surface area contributed by atoms with Crippen LogP contribution in [0.25, 0.3) is 0 Å². The van der Waals surface area contributed by atoms with Gasteiger partial charge in [0.05, 0.1) is 5.70 Å². The number of benzene rings is 1. The first-order valence-electron chi connectivity index (χ1n) is 11.2. The summed E-state index contributed by atoms with van der Waals surface area (Å²) in [5, 5.41) is 0. The van der Waals surface area contributed by atoms with E-state index in [1.54, 1.807) is 12.1 Å². The van der Waals surface area contributed by atoms with Crippen LogP contribution < -0.4 is 0 Å². The number of fused-ring (bicyclic) bond motifs is 1. The molecule has 0 amide bonds. The molecule has 1 aromatic carbocycles. The molecule has 2 unspecified atom stereocenters. The number of nitrogens with zero attached hydrogens (tertiary/aromatic N) is 1. The van der Waals surface area contributed by atoms with Gasteiger partial charge in [-0.3, -0.25) is 4.99 Å². The van der Waals surface area contributed by atoms with Crippen molar-refractivity contribution in [2.45, 2.75) is 64.2 Å². The molecule has 0 radical (unpaired) electrons. The van der Waals surface area contributed by atoms with E-state index >= 15 is 0 Å². The van der Waals surface area contributed by atoms with Crippen molar-refractivity contribution >= 4 is 6.21 Å². The first-order valence-corrected chi connectivity index (χ1v) is 11.2. The Morgan fingerprint density at radius 3 is 2.77 bits per heavy atom. The number of allylic oxidation sites excluding steroid dienone is 5. The fourth-order valence-electron chi connectivity index (χ4n) is 4.98. The molecule has 4 heteroatoms. The van der Waals surface area contributed by atoms with Crippen LogP contribution in [-0.4, -0.2) is 12.1 Å². The summed E-state index contributed by atoms with van der Waals surface area (Å²) in [6, 6.07) is 6.68. The van der Waals surface area contributed by atoms with Gasteiger partial charge in [0.15, 0.2) is 0 Å². The summed E-state index contributed by atoms with van der Waals surface area (Å²) in [5.74, 6) is -1.64. The van der Waals surface area contributed by atoms with Crippen molar-refractivity contribution in [1.29, 1.82) is 0 Å². The lowest BCUT2D eigenvalue weighted by Crippen LogP contribution is -2.31. The molecule has 2 aliphatic carbocycles. The first-order chi connectivity index (χ1) is 14.5. The molecule has 0 aromatic heterocycles. The summed E-state index contributed by atoms with van der Waals surface area (Å²) in [6.45, 7) is 4.00. The molecule has 4 atom stereocenters. The summed E-state index contributed by atoms with van der Waals surface area (Å²) in [7, 11) is 0. The number of aliphatic imine (C=N–C) groups is 1. The van der Waals surface area contributed by atoms with Crippen molar-refractivity contribution in [3.63, 3.8) is 0 Å². The number of alkyl halides is 2. The van der Waals surface area contributed by atoms with E-state index in [0.29, 0.717) is 24.7 Å². The Morgan fingerprint density at radius 2 is 1.97 bits per heavy atom. The quantitative estimate of drug-likeness (QED) is 0.476. The van der Waals surface area contributed by atoms with Gasteiger partial charge in [0.1, 0.15) is 5.82 Å². The van der Waals surface area contributed by atoms with E-state index < -0.39 is 5.92 Å². The SMILES string of the molecule is CC.Fc1cccc(C2C=C/C=C(/C=C/[C@@H]3CCC4CC(F)(F)CC[C@H]43)N=CC2)c1. The van der Waals surface area contributed by atoms with Crippen molar-refractivity contribution in [3.8, 4) is 0 Å². The van der Waals surface area contributed by atoms with Gasteiger partial charge in [-0.1, -0.05) is 44.2 Å². The van der Waals surface area contributed by atoms with Gasteiger partial charge in [0.2, 0.25) is 5.92 Å². The molecule has 4 rings (SSSR count). The Labute approximate surface area is 178 Å². The van der Waals surface area contributed by atoms with Gasteiger partial charge in [-0.25, -0.2) is 13.2 Å². The number of hydrogen-bond donors (Lipinski definition) is 0. The van der Waals surface area contributed by atoms with Crippen molar-refractivity contribution in [3.05, 3.63) is 71.7 Å². The van der Waals surface area contributed by atoms with Crippen LogP contribution in [0.3, 0.4) is 0 Å². The standard InChI is InChI=1S/C24H26F3N.C2H6/c25-21-5-1-4-19(15-21)17-3-2-6-22(28-14-12-17)10-9-18-7-8-20-16-24(26,27)13-11-23(18)20;1-2/h1-6,9-10,14-15,17-18,20,23H,7-8,11-13,16H2;1-2H3/b3-2?,10-9+,22-6-,28-14?;/t17?,18-,20?,23-;/m0./s1. The normalized spacial score (nSPS) is 31.8. The summed E-state index contributed by atoms with van der Waals surface area (Å²) < 4.78 is 40.7. The van der Waals surface area contributed by atoms with Crippen molar-refractivity contribution in [2.75, 3.05) is 0 Å². The predicted molar refractivity (Wildman–Crippen MR) is 118 cm³/mol. The molecule has 162 valence electrons. The third-order valence-corrected chi connectivity index (χ3v) is 6.43. The zero-order valence-electron chi connectivity index (χ0n) is 17.9. The van der Waals surface area contributed by atoms with Gasteiger partial charge in [-0.15, -0.1) is 0 Å². The summed E-state index contributed by atoms with van der Waals surface area (Å²) in [6.07, 6.45) is 15.4. The van der Waals surface area contributed by atoms with E-state index in [1.807, 2.05) is 44.4 Å². The zero-order valence-corrected chi connectivity index (χ0v) is 17.9. The maximum Gasteiger partial charge on any atom is 0.248 e. The van der Waals surface area contributed by atoms with Crippen molar-refractivity contribution < 1.29 is 13.2 Å². The predicted octanol–water partition coefficient (Wildman–Crippen LogP) is 7.87. The van der Waals surface area contributed by atoms with E-state index in [1.165, 1.54) is 6.07 Å². The molecule has 0 spiro atoms.